The van der Waals surface area contributed by atoms with E-state index in [4.69, 9.17) is 0 Å². The van der Waals surface area contributed by atoms with Crippen molar-refractivity contribution in [2.24, 2.45) is 0 Å². The molecule has 0 atom stereocenters. The summed E-state index contributed by atoms with van der Waals surface area (Å²) in [5.41, 5.74) is 4.35. The first-order valence-electron chi connectivity index (χ1n) is 14.3. The van der Waals surface area contributed by atoms with Crippen LogP contribution in [0.3, 0.4) is 0 Å². The molecule has 0 radical (unpaired) electrons. The van der Waals surface area contributed by atoms with Gasteiger partial charge in [0.25, 0.3) is 15.9 Å². The van der Waals surface area contributed by atoms with Crippen molar-refractivity contribution in [2.75, 3.05) is 9.62 Å². The van der Waals surface area contributed by atoms with Gasteiger partial charge in [0.1, 0.15) is 0 Å². The highest BCUT2D eigenvalue weighted by molar-refractivity contribution is 7.92. The third-order valence-corrected chi connectivity index (χ3v) is 9.10. The monoisotopic (exact) mass is 602 g/mol. The fraction of sp³-hybridized carbons (Fsp3) is 0.135. The summed E-state index contributed by atoms with van der Waals surface area (Å²) in [6.45, 7) is 6.46. The van der Waals surface area contributed by atoms with Gasteiger partial charge in [0.2, 0.25) is 0 Å². The highest BCUT2D eigenvalue weighted by Crippen LogP contribution is 2.27. The number of sulfonamides is 1. The van der Waals surface area contributed by atoms with Crippen molar-refractivity contribution < 1.29 is 18.0 Å². The SMILES string of the molecule is CC(C)(C)c1ccc(C(=O)c2cccc(NC(=O)c3ccc(CN(c4ccccc4)S(=O)(=O)c4ccccc4)cc3)c2)cc1. The average molecular weight is 603 g/mol. The molecule has 0 saturated carbocycles. The lowest BCUT2D eigenvalue weighted by molar-refractivity contribution is 0.102. The van der Waals surface area contributed by atoms with E-state index in [1.165, 1.54) is 4.31 Å². The minimum absolute atomic E-state index is 0.00881. The Morgan fingerprint density at radius 1 is 0.659 bits per heavy atom. The van der Waals surface area contributed by atoms with Crippen LogP contribution < -0.4 is 9.62 Å². The Morgan fingerprint density at radius 2 is 1.25 bits per heavy atom. The zero-order valence-corrected chi connectivity index (χ0v) is 25.7. The molecule has 0 fully saturated rings. The molecule has 0 aliphatic heterocycles. The predicted molar refractivity (Wildman–Crippen MR) is 176 cm³/mol. The summed E-state index contributed by atoms with van der Waals surface area (Å²) in [7, 11) is -3.83. The van der Waals surface area contributed by atoms with E-state index in [0.29, 0.717) is 28.1 Å². The second-order valence-corrected chi connectivity index (χ2v) is 13.4. The van der Waals surface area contributed by atoms with E-state index in [0.717, 1.165) is 11.1 Å². The minimum Gasteiger partial charge on any atom is -0.322 e. The number of carbonyl (C=O) groups excluding carboxylic acids is 2. The number of anilines is 2. The second-order valence-electron chi connectivity index (χ2n) is 11.5. The van der Waals surface area contributed by atoms with E-state index in [9.17, 15) is 18.0 Å². The summed E-state index contributed by atoms with van der Waals surface area (Å²) in [6, 6.07) is 38.5. The van der Waals surface area contributed by atoms with Crippen LogP contribution in [0.25, 0.3) is 0 Å². The van der Waals surface area contributed by atoms with Crippen molar-refractivity contribution in [3.05, 3.63) is 161 Å². The predicted octanol–water partition coefficient (Wildman–Crippen LogP) is 7.86. The van der Waals surface area contributed by atoms with Gasteiger partial charge in [-0.3, -0.25) is 13.9 Å². The molecule has 0 heterocycles. The molecular formula is C37H34N2O4S. The van der Waals surface area contributed by atoms with E-state index in [-0.39, 0.29) is 28.5 Å². The van der Waals surface area contributed by atoms with Crippen molar-refractivity contribution in [2.45, 2.75) is 37.6 Å². The Labute approximate surface area is 259 Å². The first-order valence-corrected chi connectivity index (χ1v) is 15.7. The fourth-order valence-corrected chi connectivity index (χ4v) is 6.26. The third-order valence-electron chi connectivity index (χ3n) is 7.31. The number of hydrogen-bond donors (Lipinski definition) is 1. The van der Waals surface area contributed by atoms with Gasteiger partial charge in [0, 0.05) is 22.4 Å². The molecule has 1 amide bonds. The van der Waals surface area contributed by atoms with Gasteiger partial charge in [-0.05, 0) is 65.1 Å². The molecular weight excluding hydrogens is 568 g/mol. The standard InChI is InChI=1S/C37H34N2O4S/c1-37(2,3)31-23-21-28(22-24-31)35(40)30-11-10-12-32(25-30)38-36(41)29-19-17-27(18-20-29)26-39(33-13-6-4-7-14-33)44(42,43)34-15-8-5-9-16-34/h4-25H,26H2,1-3H3,(H,38,41). The van der Waals surface area contributed by atoms with Gasteiger partial charge in [0.15, 0.2) is 5.78 Å². The molecule has 0 bridgehead atoms. The number of nitrogens with zero attached hydrogens (tertiary/aromatic N) is 1. The number of benzene rings is 5. The normalized spacial score (nSPS) is 11.5. The van der Waals surface area contributed by atoms with Crippen LogP contribution in [-0.2, 0) is 22.0 Å². The highest BCUT2D eigenvalue weighted by Gasteiger charge is 2.25. The van der Waals surface area contributed by atoms with E-state index in [2.05, 4.69) is 26.1 Å². The lowest BCUT2D eigenvalue weighted by Gasteiger charge is -2.25. The summed E-state index contributed by atoms with van der Waals surface area (Å²) >= 11 is 0. The number of para-hydroxylation sites is 1. The van der Waals surface area contributed by atoms with Gasteiger partial charge in [-0.15, -0.1) is 0 Å². The lowest BCUT2D eigenvalue weighted by atomic mass is 9.86. The number of amides is 1. The maximum absolute atomic E-state index is 13.6. The largest absolute Gasteiger partial charge is 0.322 e. The molecule has 0 aliphatic rings. The van der Waals surface area contributed by atoms with Crippen molar-refractivity contribution >= 4 is 33.1 Å². The van der Waals surface area contributed by atoms with Gasteiger partial charge < -0.3 is 5.32 Å². The number of nitrogens with one attached hydrogen (secondary N) is 1. The molecule has 5 aromatic carbocycles. The molecule has 222 valence electrons. The summed E-state index contributed by atoms with van der Waals surface area (Å²) in [4.78, 5) is 26.4. The average Bonchev–Trinajstić information content (AvgIpc) is 3.04. The molecule has 5 aromatic rings. The molecule has 6 nitrogen and oxygen atoms in total. The molecule has 0 spiro atoms. The van der Waals surface area contributed by atoms with Crippen LogP contribution >= 0.6 is 0 Å². The van der Waals surface area contributed by atoms with Crippen LogP contribution in [0, 0.1) is 0 Å². The van der Waals surface area contributed by atoms with Crippen molar-refractivity contribution in [1.29, 1.82) is 0 Å². The second kappa shape index (κ2) is 12.7. The smallest absolute Gasteiger partial charge is 0.264 e. The maximum atomic E-state index is 13.6. The summed E-state index contributed by atoms with van der Waals surface area (Å²) < 4.78 is 28.5. The van der Waals surface area contributed by atoms with Gasteiger partial charge in [-0.25, -0.2) is 8.42 Å². The van der Waals surface area contributed by atoms with E-state index < -0.39 is 10.0 Å². The Hall–Kier alpha value is -5.01. The third kappa shape index (κ3) is 6.96. The number of carbonyl (C=O) groups is 2. The van der Waals surface area contributed by atoms with Gasteiger partial charge >= 0.3 is 0 Å². The maximum Gasteiger partial charge on any atom is 0.264 e. The topological polar surface area (TPSA) is 83.6 Å². The van der Waals surface area contributed by atoms with Crippen LogP contribution in [0.1, 0.15) is 58.2 Å². The highest BCUT2D eigenvalue weighted by atomic mass is 32.2. The van der Waals surface area contributed by atoms with Crippen LogP contribution in [0.5, 0.6) is 0 Å². The van der Waals surface area contributed by atoms with Gasteiger partial charge in [-0.2, -0.15) is 0 Å². The van der Waals surface area contributed by atoms with Crippen molar-refractivity contribution in [1.82, 2.24) is 0 Å². The summed E-state index contributed by atoms with van der Waals surface area (Å²) in [5.74, 6) is -0.466. The van der Waals surface area contributed by atoms with Crippen LogP contribution in [0.2, 0.25) is 0 Å². The zero-order chi connectivity index (χ0) is 31.3. The molecule has 1 N–H and O–H groups in total. The van der Waals surface area contributed by atoms with Crippen LogP contribution in [0.4, 0.5) is 11.4 Å². The van der Waals surface area contributed by atoms with E-state index in [1.54, 1.807) is 103 Å². The molecule has 44 heavy (non-hydrogen) atoms. The Balaban J connectivity index is 1.30. The van der Waals surface area contributed by atoms with Crippen LogP contribution in [0.15, 0.2) is 138 Å². The lowest BCUT2D eigenvalue weighted by Crippen LogP contribution is -2.30. The van der Waals surface area contributed by atoms with Crippen molar-refractivity contribution in [3.8, 4) is 0 Å². The van der Waals surface area contributed by atoms with E-state index >= 15 is 0 Å². The Morgan fingerprint density at radius 3 is 1.86 bits per heavy atom. The van der Waals surface area contributed by atoms with Crippen molar-refractivity contribution in [3.63, 3.8) is 0 Å². The Kier molecular flexibility index (Phi) is 8.78. The minimum atomic E-state index is -3.83. The molecule has 0 saturated heterocycles. The number of ketones is 1. The number of rotatable bonds is 9. The summed E-state index contributed by atoms with van der Waals surface area (Å²) in [6.07, 6.45) is 0. The Bertz CT molecular complexity index is 1860. The summed E-state index contributed by atoms with van der Waals surface area (Å²) in [5, 5.41) is 2.87. The molecule has 5 rings (SSSR count). The number of hydrogen-bond acceptors (Lipinski definition) is 4. The fourth-order valence-electron chi connectivity index (χ4n) is 4.79. The van der Waals surface area contributed by atoms with Gasteiger partial charge in [-0.1, -0.05) is 106 Å². The van der Waals surface area contributed by atoms with E-state index in [1.807, 2.05) is 30.3 Å². The molecule has 0 unspecified atom stereocenters. The zero-order valence-electron chi connectivity index (χ0n) is 24.9. The molecule has 0 aliphatic carbocycles. The van der Waals surface area contributed by atoms with Crippen LogP contribution in [-0.4, -0.2) is 20.1 Å². The van der Waals surface area contributed by atoms with Gasteiger partial charge in [0.05, 0.1) is 17.1 Å². The molecule has 7 heteroatoms. The quantitative estimate of drug-likeness (QED) is 0.174. The first-order chi connectivity index (χ1) is 21.0. The first kappa shape index (κ1) is 30.4. The molecule has 0 aromatic heterocycles.